The van der Waals surface area contributed by atoms with Gasteiger partial charge in [0, 0.05) is 63.9 Å². The fourth-order valence-corrected chi connectivity index (χ4v) is 9.46. The summed E-state index contributed by atoms with van der Waals surface area (Å²) in [6.45, 7) is 6.30. The Morgan fingerprint density at radius 3 is 1.22 bits per heavy atom. The van der Waals surface area contributed by atoms with Crippen LogP contribution in [0.5, 0.6) is 0 Å². The molecular weight excluding hydrogens is 855 g/mol. The van der Waals surface area contributed by atoms with Crippen molar-refractivity contribution in [2.75, 3.05) is 0 Å². The zero-order valence-corrected chi connectivity index (χ0v) is 36.7. The van der Waals surface area contributed by atoms with Gasteiger partial charge in [-0.3, -0.25) is 0 Å². The Kier molecular flexibility index (Phi) is 11.9. The van der Waals surface area contributed by atoms with Crippen molar-refractivity contribution in [3.63, 3.8) is 0 Å². The third kappa shape index (κ3) is 8.62. The Labute approximate surface area is 377 Å². The summed E-state index contributed by atoms with van der Waals surface area (Å²) in [6.07, 6.45) is 11.0. The number of hydrogen-bond acceptors (Lipinski definition) is 9. The lowest BCUT2D eigenvalue weighted by Gasteiger charge is -2.10. The molecule has 65 heavy (non-hydrogen) atoms. The summed E-state index contributed by atoms with van der Waals surface area (Å²) < 4.78 is 51.6. The highest BCUT2D eigenvalue weighted by molar-refractivity contribution is 7.89. The molecule has 0 amide bonds. The zero-order valence-electron chi connectivity index (χ0n) is 35.0. The number of primary sulfonamides is 2. The highest BCUT2D eigenvalue weighted by atomic mass is 32.2. The maximum absolute atomic E-state index is 12.0. The monoisotopic (exact) mass is 901 g/mol. The molecule has 0 fully saturated rings. The van der Waals surface area contributed by atoms with Crippen LogP contribution >= 0.6 is 0 Å². The minimum absolute atomic E-state index is 0. The first-order chi connectivity index (χ1) is 30.7. The molecule has 0 bridgehead atoms. The minimum Gasteiger partial charge on any atom is -0.324 e. The molecule has 15 heteroatoms. The van der Waals surface area contributed by atoms with E-state index in [0.29, 0.717) is 28.0 Å². The summed E-state index contributed by atoms with van der Waals surface area (Å²) in [4.78, 5) is 9.55. The first kappa shape index (κ1) is 44.5. The number of nitrogens with zero attached hydrogens (tertiary/aromatic N) is 6. The first-order valence-electron chi connectivity index (χ1n) is 20.4. The van der Waals surface area contributed by atoms with Crippen LogP contribution in [0.15, 0.2) is 168 Å². The van der Waals surface area contributed by atoms with Gasteiger partial charge >= 0.3 is 0 Å². The number of aromatic nitrogens is 6. The maximum Gasteiger partial charge on any atom is 0.238 e. The average Bonchev–Trinajstić information content (AvgIpc) is 3.92. The predicted octanol–water partition coefficient (Wildman–Crippen LogP) is 9.51. The molecule has 0 spiro atoms. The highest BCUT2D eigenvalue weighted by Crippen LogP contribution is 2.36. The highest BCUT2D eigenvalue weighted by Gasteiger charge is 2.20. The lowest BCUT2D eigenvalue weighted by Crippen LogP contribution is -2.12. The van der Waals surface area contributed by atoms with Gasteiger partial charge in [0.25, 0.3) is 0 Å². The SMILES string of the molecule is C.CC(C)c1ccc(-c2cnc3c(-c4ccc(S(N)(=O)=O)c5ccccc45)cnn3c2)cc1.CC(N)c1ccc(-c2cnc3c(-c4ccc(S(N)(=O)=O)c5ccccc45)cnn3c2)cc1. The van der Waals surface area contributed by atoms with E-state index in [1.54, 1.807) is 63.9 Å². The van der Waals surface area contributed by atoms with E-state index in [4.69, 9.17) is 16.0 Å². The fraction of sp³-hybridized carbons (Fsp3) is 0.120. The Hall–Kier alpha value is -7.14. The number of sulfonamides is 2. The van der Waals surface area contributed by atoms with Gasteiger partial charge in [0.2, 0.25) is 20.0 Å². The van der Waals surface area contributed by atoms with Gasteiger partial charge in [0.15, 0.2) is 11.3 Å². The molecule has 1 atom stereocenters. The minimum atomic E-state index is -3.85. The van der Waals surface area contributed by atoms with Crippen molar-refractivity contribution in [3.05, 3.63) is 170 Å². The Bertz CT molecular complexity index is 3380. The molecule has 0 aliphatic heterocycles. The molecule has 4 heterocycles. The summed E-state index contributed by atoms with van der Waals surface area (Å²) in [5.74, 6) is 0.480. The van der Waals surface area contributed by atoms with Crippen LogP contribution in [-0.2, 0) is 20.0 Å². The molecule has 4 aromatic heterocycles. The van der Waals surface area contributed by atoms with Crippen LogP contribution in [0.4, 0.5) is 0 Å². The number of nitrogens with two attached hydrogens (primary N) is 3. The van der Waals surface area contributed by atoms with Crippen molar-refractivity contribution >= 4 is 52.9 Å². The van der Waals surface area contributed by atoms with Gasteiger partial charge in [-0.05, 0) is 69.1 Å². The number of rotatable bonds is 8. The van der Waals surface area contributed by atoms with E-state index >= 15 is 0 Å². The van der Waals surface area contributed by atoms with Gasteiger partial charge < -0.3 is 5.73 Å². The molecule has 6 N–H and O–H groups in total. The summed E-state index contributed by atoms with van der Waals surface area (Å²) in [5, 5.41) is 22.5. The van der Waals surface area contributed by atoms with Crippen molar-refractivity contribution in [1.82, 2.24) is 29.2 Å². The maximum atomic E-state index is 12.0. The molecule has 0 aliphatic carbocycles. The van der Waals surface area contributed by atoms with Crippen molar-refractivity contribution in [2.45, 2.75) is 49.9 Å². The predicted molar refractivity (Wildman–Crippen MR) is 259 cm³/mol. The summed E-state index contributed by atoms with van der Waals surface area (Å²) >= 11 is 0. The van der Waals surface area contributed by atoms with E-state index in [-0.39, 0.29) is 23.3 Å². The molecule has 1 unspecified atom stereocenters. The van der Waals surface area contributed by atoms with Crippen molar-refractivity contribution in [2.24, 2.45) is 16.0 Å². The van der Waals surface area contributed by atoms with E-state index < -0.39 is 20.0 Å². The van der Waals surface area contributed by atoms with Gasteiger partial charge in [-0.2, -0.15) is 10.2 Å². The second kappa shape index (κ2) is 17.4. The molecule has 328 valence electrons. The van der Waals surface area contributed by atoms with E-state index in [0.717, 1.165) is 60.8 Å². The molecule has 0 saturated heterocycles. The topological polar surface area (TPSA) is 207 Å². The molecule has 10 rings (SSSR count). The van der Waals surface area contributed by atoms with E-state index in [1.807, 2.05) is 80.2 Å². The number of benzene rings is 6. The van der Waals surface area contributed by atoms with Crippen molar-refractivity contribution in [3.8, 4) is 44.5 Å². The quantitative estimate of drug-likeness (QED) is 0.133. The number of hydrogen-bond donors (Lipinski definition) is 3. The zero-order chi connectivity index (χ0) is 44.9. The molecule has 0 aliphatic rings. The van der Waals surface area contributed by atoms with E-state index in [2.05, 4.69) is 58.3 Å². The lowest BCUT2D eigenvalue weighted by atomic mass is 9.99. The van der Waals surface area contributed by atoms with Gasteiger partial charge in [-0.25, -0.2) is 46.1 Å². The summed E-state index contributed by atoms with van der Waals surface area (Å²) in [7, 11) is -7.69. The molecule has 13 nitrogen and oxygen atoms in total. The van der Waals surface area contributed by atoms with Crippen molar-refractivity contribution in [1.29, 1.82) is 0 Å². The van der Waals surface area contributed by atoms with E-state index in [1.165, 1.54) is 11.6 Å². The Morgan fingerprint density at radius 1 is 0.462 bits per heavy atom. The second-order valence-corrected chi connectivity index (χ2v) is 19.0. The third-order valence-corrected chi connectivity index (χ3v) is 13.3. The van der Waals surface area contributed by atoms with Crippen LogP contribution in [0.25, 0.3) is 77.3 Å². The lowest BCUT2D eigenvalue weighted by molar-refractivity contribution is 0.597. The average molecular weight is 902 g/mol. The molecular formula is C50H47N9O4S2. The largest absolute Gasteiger partial charge is 0.324 e. The Morgan fingerprint density at radius 2 is 0.846 bits per heavy atom. The molecule has 6 aromatic carbocycles. The van der Waals surface area contributed by atoms with Crippen LogP contribution in [-0.4, -0.2) is 46.0 Å². The van der Waals surface area contributed by atoms with Crippen LogP contribution < -0.4 is 16.0 Å². The third-order valence-electron chi connectivity index (χ3n) is 11.4. The number of fused-ring (bicyclic) bond motifs is 4. The fourth-order valence-electron chi connectivity index (χ4n) is 7.98. The van der Waals surface area contributed by atoms with Gasteiger partial charge in [-0.1, -0.05) is 130 Å². The molecule has 10 aromatic rings. The van der Waals surface area contributed by atoms with Crippen LogP contribution in [0.3, 0.4) is 0 Å². The first-order valence-corrected chi connectivity index (χ1v) is 23.5. The van der Waals surface area contributed by atoms with Crippen LogP contribution in [0, 0.1) is 0 Å². The Balaban J connectivity index is 0.000000175. The summed E-state index contributed by atoms with van der Waals surface area (Å²) in [6, 6.07) is 37.7. The standard InChI is InChI=1S/C25H22N4O2S.C24H21N5O2S.CH4/c1-16(2)17-7-9-18(10-8-17)19-13-27-25-23(14-28-29(25)15-19)21-11-12-24(32(26,30)31)22-6-4-3-5-20(21)22;1-15(25)16-6-8-17(9-7-16)18-12-27-24-22(13-28-29(24)14-18)20-10-11-23(32(26,30)31)21-5-3-2-4-19(20)21;/h3-16H,1-2H3,(H2,26,30,31);2-15H,25H2,1H3,(H2,26,30,31);1H4. The van der Waals surface area contributed by atoms with Gasteiger partial charge in [-0.15, -0.1) is 0 Å². The second-order valence-electron chi connectivity index (χ2n) is 15.9. The van der Waals surface area contributed by atoms with Crippen LogP contribution in [0.1, 0.15) is 51.3 Å². The molecule has 0 saturated carbocycles. The smallest absolute Gasteiger partial charge is 0.238 e. The summed E-state index contributed by atoms with van der Waals surface area (Å²) in [5.41, 5.74) is 17.0. The normalized spacial score (nSPS) is 12.4. The van der Waals surface area contributed by atoms with Crippen LogP contribution in [0.2, 0.25) is 0 Å². The van der Waals surface area contributed by atoms with Crippen molar-refractivity contribution < 1.29 is 16.8 Å². The van der Waals surface area contributed by atoms with E-state index in [9.17, 15) is 16.8 Å². The van der Waals surface area contributed by atoms with Gasteiger partial charge in [0.05, 0.1) is 22.2 Å². The molecule has 0 radical (unpaired) electrons. The van der Waals surface area contributed by atoms with Gasteiger partial charge in [0.1, 0.15) is 0 Å².